The molecule has 0 radical (unpaired) electrons. The third-order valence-corrected chi connectivity index (χ3v) is 3.63. The van der Waals surface area contributed by atoms with Gasteiger partial charge in [-0.05, 0) is 36.4 Å². The van der Waals surface area contributed by atoms with Crippen molar-refractivity contribution < 1.29 is 24.2 Å². The van der Waals surface area contributed by atoms with E-state index >= 15 is 0 Å². The van der Waals surface area contributed by atoms with Gasteiger partial charge in [0.1, 0.15) is 11.5 Å². The van der Waals surface area contributed by atoms with Crippen molar-refractivity contribution in [3.05, 3.63) is 47.0 Å². The van der Waals surface area contributed by atoms with Crippen LogP contribution in [0.3, 0.4) is 0 Å². The molecule has 1 heterocycles. The number of aromatic hydroxyl groups is 1. The Morgan fingerprint density at radius 3 is 2.78 bits per heavy atom. The van der Waals surface area contributed by atoms with Crippen molar-refractivity contribution in [2.24, 2.45) is 0 Å². The standard InChI is InChI=1S/C16H12ClNO5/c1-22-16(21)9-2-5-14-12(6-9)18(15(20)8-23-14)11-7-10(17)3-4-13(11)19/h2-7,19H,8H2,1H3. The number of fused-ring (bicyclic) bond motifs is 1. The number of hydrogen-bond donors (Lipinski definition) is 1. The number of anilines is 2. The maximum absolute atomic E-state index is 12.3. The molecule has 1 N–H and O–H groups in total. The molecule has 0 spiro atoms. The summed E-state index contributed by atoms with van der Waals surface area (Å²) in [5.41, 5.74) is 0.812. The number of hydrogen-bond acceptors (Lipinski definition) is 5. The number of carbonyl (C=O) groups excluding carboxylic acids is 2. The Balaban J connectivity index is 2.17. The van der Waals surface area contributed by atoms with Crippen LogP contribution in [-0.4, -0.2) is 30.7 Å². The molecule has 23 heavy (non-hydrogen) atoms. The number of phenols is 1. The summed E-state index contributed by atoms with van der Waals surface area (Å²) in [6.07, 6.45) is 0. The molecule has 0 aliphatic carbocycles. The van der Waals surface area contributed by atoms with Gasteiger partial charge in [0.15, 0.2) is 6.61 Å². The highest BCUT2D eigenvalue weighted by atomic mass is 35.5. The number of ether oxygens (including phenoxy) is 2. The van der Waals surface area contributed by atoms with E-state index in [-0.39, 0.29) is 23.6 Å². The van der Waals surface area contributed by atoms with Crippen LogP contribution < -0.4 is 9.64 Å². The van der Waals surface area contributed by atoms with Crippen LogP contribution in [0, 0.1) is 0 Å². The minimum atomic E-state index is -0.541. The molecule has 1 aliphatic rings. The summed E-state index contributed by atoms with van der Waals surface area (Å²) < 4.78 is 10.1. The number of nitrogens with zero attached hydrogens (tertiary/aromatic N) is 1. The first-order valence-corrected chi connectivity index (χ1v) is 7.05. The van der Waals surface area contributed by atoms with Gasteiger partial charge in [0.25, 0.3) is 5.91 Å². The van der Waals surface area contributed by atoms with Gasteiger partial charge in [-0.25, -0.2) is 4.79 Å². The van der Waals surface area contributed by atoms with E-state index in [9.17, 15) is 14.7 Å². The van der Waals surface area contributed by atoms with Crippen molar-refractivity contribution in [1.82, 2.24) is 0 Å². The molecule has 1 aliphatic heterocycles. The molecule has 3 rings (SSSR count). The fraction of sp³-hybridized carbons (Fsp3) is 0.125. The van der Waals surface area contributed by atoms with Gasteiger partial charge in [-0.3, -0.25) is 9.69 Å². The Morgan fingerprint density at radius 1 is 1.26 bits per heavy atom. The van der Waals surface area contributed by atoms with Crippen LogP contribution in [0.25, 0.3) is 0 Å². The fourth-order valence-electron chi connectivity index (χ4n) is 2.34. The maximum atomic E-state index is 12.3. The molecule has 2 aromatic carbocycles. The van der Waals surface area contributed by atoms with Gasteiger partial charge in [0.05, 0.1) is 24.0 Å². The molecule has 0 saturated carbocycles. The number of carbonyl (C=O) groups is 2. The third-order valence-electron chi connectivity index (χ3n) is 3.40. The highest BCUT2D eigenvalue weighted by Gasteiger charge is 2.30. The number of methoxy groups -OCH3 is 1. The first-order valence-electron chi connectivity index (χ1n) is 6.68. The van der Waals surface area contributed by atoms with Crippen molar-refractivity contribution in [1.29, 1.82) is 0 Å². The van der Waals surface area contributed by atoms with Crippen molar-refractivity contribution >= 4 is 34.9 Å². The monoisotopic (exact) mass is 333 g/mol. The number of rotatable bonds is 2. The van der Waals surface area contributed by atoms with Crippen molar-refractivity contribution in [3.8, 4) is 11.5 Å². The first kappa shape index (κ1) is 15.2. The Labute approximate surface area is 136 Å². The van der Waals surface area contributed by atoms with Gasteiger partial charge in [0.2, 0.25) is 0 Å². The number of amides is 1. The molecule has 0 saturated heterocycles. The van der Waals surface area contributed by atoms with E-state index in [1.54, 1.807) is 6.07 Å². The third kappa shape index (κ3) is 2.68. The smallest absolute Gasteiger partial charge is 0.337 e. The van der Waals surface area contributed by atoms with E-state index in [0.717, 1.165) is 0 Å². The van der Waals surface area contributed by atoms with E-state index in [4.69, 9.17) is 16.3 Å². The van der Waals surface area contributed by atoms with Gasteiger partial charge >= 0.3 is 5.97 Å². The zero-order valence-electron chi connectivity index (χ0n) is 12.1. The molecule has 0 fully saturated rings. The summed E-state index contributed by atoms with van der Waals surface area (Å²) in [6, 6.07) is 8.95. The Morgan fingerprint density at radius 2 is 2.04 bits per heavy atom. The van der Waals surface area contributed by atoms with E-state index in [0.29, 0.717) is 16.5 Å². The molecule has 2 aromatic rings. The molecule has 7 heteroatoms. The number of halogens is 1. The number of esters is 1. The van der Waals surface area contributed by atoms with E-state index < -0.39 is 11.9 Å². The second-order valence-corrected chi connectivity index (χ2v) is 5.26. The minimum absolute atomic E-state index is 0.112. The van der Waals surface area contributed by atoms with Crippen LogP contribution in [0.5, 0.6) is 11.5 Å². The summed E-state index contributed by atoms with van der Waals surface area (Å²) in [5, 5.41) is 10.4. The summed E-state index contributed by atoms with van der Waals surface area (Å²) in [6.45, 7) is -0.184. The number of benzene rings is 2. The lowest BCUT2D eigenvalue weighted by Crippen LogP contribution is -2.35. The predicted molar refractivity (Wildman–Crippen MR) is 83.5 cm³/mol. The highest BCUT2D eigenvalue weighted by Crippen LogP contribution is 2.42. The van der Waals surface area contributed by atoms with E-state index in [1.165, 1.54) is 42.3 Å². The van der Waals surface area contributed by atoms with Crippen molar-refractivity contribution in [2.75, 3.05) is 18.6 Å². The number of phenolic OH excluding ortho intramolecular Hbond substituents is 1. The van der Waals surface area contributed by atoms with Crippen LogP contribution >= 0.6 is 11.6 Å². The van der Waals surface area contributed by atoms with Gasteiger partial charge in [-0.1, -0.05) is 11.6 Å². The Kier molecular flexibility index (Phi) is 3.83. The van der Waals surface area contributed by atoms with E-state index in [1.807, 2.05) is 0 Å². The fourth-order valence-corrected chi connectivity index (χ4v) is 2.50. The maximum Gasteiger partial charge on any atom is 0.337 e. The SMILES string of the molecule is COC(=O)c1ccc2c(c1)N(c1cc(Cl)ccc1O)C(=O)CO2. The zero-order chi connectivity index (χ0) is 16.6. The summed E-state index contributed by atoms with van der Waals surface area (Å²) in [5.74, 6) is -0.631. The topological polar surface area (TPSA) is 76.1 Å². The Bertz CT molecular complexity index is 805. The first-order chi connectivity index (χ1) is 11.0. The lowest BCUT2D eigenvalue weighted by molar-refractivity contribution is -0.120. The summed E-state index contributed by atoms with van der Waals surface area (Å²) in [7, 11) is 1.27. The molecular weight excluding hydrogens is 322 g/mol. The van der Waals surface area contributed by atoms with Crippen LogP contribution in [0.2, 0.25) is 5.02 Å². The van der Waals surface area contributed by atoms with Crippen LogP contribution in [-0.2, 0) is 9.53 Å². The lowest BCUT2D eigenvalue weighted by Gasteiger charge is -2.30. The predicted octanol–water partition coefficient (Wildman–Crippen LogP) is 2.89. The van der Waals surface area contributed by atoms with Crippen LogP contribution in [0.15, 0.2) is 36.4 Å². The molecular formula is C16H12ClNO5. The summed E-state index contributed by atoms with van der Waals surface area (Å²) >= 11 is 5.96. The molecule has 0 aromatic heterocycles. The van der Waals surface area contributed by atoms with Gasteiger partial charge in [0, 0.05) is 5.02 Å². The van der Waals surface area contributed by atoms with E-state index in [2.05, 4.69) is 4.74 Å². The quantitative estimate of drug-likeness (QED) is 0.855. The van der Waals surface area contributed by atoms with Crippen LogP contribution in [0.1, 0.15) is 10.4 Å². The molecule has 0 unspecified atom stereocenters. The minimum Gasteiger partial charge on any atom is -0.506 e. The molecule has 6 nitrogen and oxygen atoms in total. The molecule has 0 bridgehead atoms. The Hall–Kier alpha value is -2.73. The molecule has 1 amide bonds. The average Bonchev–Trinajstić information content (AvgIpc) is 2.56. The largest absolute Gasteiger partial charge is 0.506 e. The van der Waals surface area contributed by atoms with Gasteiger partial charge in [-0.2, -0.15) is 0 Å². The van der Waals surface area contributed by atoms with Crippen molar-refractivity contribution in [2.45, 2.75) is 0 Å². The van der Waals surface area contributed by atoms with Crippen molar-refractivity contribution in [3.63, 3.8) is 0 Å². The van der Waals surface area contributed by atoms with Crippen LogP contribution in [0.4, 0.5) is 11.4 Å². The highest BCUT2D eigenvalue weighted by molar-refractivity contribution is 6.31. The molecule has 0 atom stereocenters. The second-order valence-electron chi connectivity index (χ2n) is 4.82. The molecule has 118 valence electrons. The zero-order valence-corrected chi connectivity index (χ0v) is 12.8. The normalized spacial score (nSPS) is 13.3. The summed E-state index contributed by atoms with van der Waals surface area (Å²) in [4.78, 5) is 25.3. The lowest BCUT2D eigenvalue weighted by atomic mass is 10.1. The van der Waals surface area contributed by atoms with Gasteiger partial charge < -0.3 is 14.6 Å². The average molecular weight is 334 g/mol. The van der Waals surface area contributed by atoms with Gasteiger partial charge in [-0.15, -0.1) is 0 Å². The second kappa shape index (κ2) is 5.81.